The third kappa shape index (κ3) is 4.84. The van der Waals surface area contributed by atoms with E-state index in [0.29, 0.717) is 23.4 Å². The van der Waals surface area contributed by atoms with E-state index in [1.54, 1.807) is 0 Å². The van der Waals surface area contributed by atoms with Crippen molar-refractivity contribution < 1.29 is 21.6 Å². The average molecular weight is 508 g/mol. The monoisotopic (exact) mass is 507 g/mol. The molecule has 1 fully saturated rings. The number of nitrogens with zero attached hydrogens (tertiary/aromatic N) is 2. The summed E-state index contributed by atoms with van der Waals surface area (Å²) in [5.41, 5.74) is 1.63. The lowest BCUT2D eigenvalue weighted by Gasteiger charge is -2.30. The molecule has 1 aromatic heterocycles. The summed E-state index contributed by atoms with van der Waals surface area (Å²) in [5.74, 6) is -0.519. The van der Waals surface area contributed by atoms with Crippen molar-refractivity contribution in [2.45, 2.75) is 48.3 Å². The Hall–Kier alpha value is -2.26. The maximum absolute atomic E-state index is 13.0. The maximum atomic E-state index is 13.0. The topological polar surface area (TPSA) is 124 Å². The smallest absolute Gasteiger partial charge is 0.243 e. The van der Waals surface area contributed by atoms with Gasteiger partial charge in [-0.2, -0.15) is 9.57 Å². The first kappa shape index (κ1) is 23.9. The molecule has 1 N–H and O–H groups in total. The number of sulfonamides is 1. The fraction of sp³-hybridized carbons (Fsp3) is 0.455. The van der Waals surface area contributed by atoms with Crippen LogP contribution in [0.4, 0.5) is 5.00 Å². The first-order valence-electron chi connectivity index (χ1n) is 10.8. The molecule has 1 aromatic carbocycles. The number of anilines is 1. The third-order valence-electron chi connectivity index (χ3n) is 6.23. The second-order valence-electron chi connectivity index (χ2n) is 8.44. The molecule has 0 bridgehead atoms. The molecule has 0 radical (unpaired) electrons. The Bertz CT molecular complexity index is 1310. The number of piperidine rings is 1. The van der Waals surface area contributed by atoms with Crippen LogP contribution in [0.25, 0.3) is 0 Å². The van der Waals surface area contributed by atoms with Gasteiger partial charge in [0.1, 0.15) is 11.1 Å². The van der Waals surface area contributed by atoms with E-state index in [0.717, 1.165) is 37.5 Å². The molecule has 2 aromatic rings. The molecule has 1 aliphatic heterocycles. The summed E-state index contributed by atoms with van der Waals surface area (Å²) in [6.07, 6.45) is 5.76. The summed E-state index contributed by atoms with van der Waals surface area (Å²) in [7, 11) is -7.19. The number of nitrogens with one attached hydrogen (secondary N) is 1. The quantitative estimate of drug-likeness (QED) is 0.663. The maximum Gasteiger partial charge on any atom is 0.243 e. The zero-order chi connectivity index (χ0) is 23.8. The summed E-state index contributed by atoms with van der Waals surface area (Å²) >= 11 is 1.48. The Morgan fingerprint density at radius 1 is 1.06 bits per heavy atom. The lowest BCUT2D eigenvalue weighted by Crippen LogP contribution is -2.41. The van der Waals surface area contributed by atoms with E-state index >= 15 is 0 Å². The number of thiophene rings is 1. The van der Waals surface area contributed by atoms with Gasteiger partial charge in [-0.25, -0.2) is 16.8 Å². The lowest BCUT2D eigenvalue weighted by atomic mass is 9.95. The van der Waals surface area contributed by atoms with Crippen LogP contribution in [0.5, 0.6) is 0 Å². The molecular weight excluding hydrogens is 482 g/mol. The van der Waals surface area contributed by atoms with Crippen LogP contribution in [0.2, 0.25) is 0 Å². The first-order valence-corrected chi connectivity index (χ1v) is 14.9. The molecule has 2 aliphatic rings. The highest BCUT2D eigenvalue weighted by atomic mass is 32.2. The zero-order valence-electron chi connectivity index (χ0n) is 18.2. The number of rotatable bonds is 5. The Morgan fingerprint density at radius 2 is 1.67 bits per heavy atom. The van der Waals surface area contributed by atoms with E-state index in [1.165, 1.54) is 44.8 Å². The summed E-state index contributed by atoms with van der Waals surface area (Å²) in [4.78, 5) is 14.1. The highest BCUT2D eigenvalue weighted by Gasteiger charge is 2.33. The van der Waals surface area contributed by atoms with Crippen molar-refractivity contribution in [3.8, 4) is 6.07 Å². The number of carbonyl (C=O) groups is 1. The summed E-state index contributed by atoms with van der Waals surface area (Å²) < 4.78 is 50.5. The van der Waals surface area contributed by atoms with E-state index in [-0.39, 0.29) is 34.7 Å². The minimum Gasteiger partial charge on any atom is -0.316 e. The number of aryl methyl sites for hydroxylation is 1. The molecule has 1 saturated heterocycles. The van der Waals surface area contributed by atoms with Gasteiger partial charge in [-0.3, -0.25) is 4.79 Å². The Balaban J connectivity index is 1.41. The Morgan fingerprint density at radius 3 is 2.27 bits per heavy atom. The molecule has 176 valence electrons. The van der Waals surface area contributed by atoms with Gasteiger partial charge in [-0.05, 0) is 68.4 Å². The highest BCUT2D eigenvalue weighted by Crippen LogP contribution is 2.38. The van der Waals surface area contributed by atoms with E-state index in [9.17, 15) is 26.9 Å². The van der Waals surface area contributed by atoms with Crippen LogP contribution in [-0.4, -0.2) is 46.4 Å². The van der Waals surface area contributed by atoms with Crippen LogP contribution < -0.4 is 5.32 Å². The molecule has 11 heteroatoms. The predicted molar refractivity (Wildman–Crippen MR) is 125 cm³/mol. The van der Waals surface area contributed by atoms with Crippen LogP contribution in [0, 0.1) is 17.2 Å². The van der Waals surface area contributed by atoms with Gasteiger partial charge in [0.2, 0.25) is 15.9 Å². The summed E-state index contributed by atoms with van der Waals surface area (Å²) in [6, 6.07) is 7.41. The van der Waals surface area contributed by atoms with E-state index in [2.05, 4.69) is 11.4 Å². The van der Waals surface area contributed by atoms with Crippen molar-refractivity contribution in [2.75, 3.05) is 24.7 Å². The largest absolute Gasteiger partial charge is 0.316 e. The molecule has 0 spiro atoms. The highest BCUT2D eigenvalue weighted by molar-refractivity contribution is 7.90. The van der Waals surface area contributed by atoms with Crippen LogP contribution >= 0.6 is 11.3 Å². The molecule has 2 heterocycles. The van der Waals surface area contributed by atoms with E-state index < -0.39 is 19.9 Å². The van der Waals surface area contributed by atoms with Crippen molar-refractivity contribution in [3.05, 3.63) is 40.3 Å². The Kier molecular flexibility index (Phi) is 6.64. The molecule has 0 atom stereocenters. The standard InChI is InChI=1S/C22H25N3O5S3/c1-32(27,28)16-6-8-17(9-7-16)33(29,30)25-12-10-15(11-13-25)21(26)24-22-19(14-23)18-4-2-3-5-20(18)31-22/h6-9,15H,2-5,10-13H2,1H3,(H,24,26). The number of nitriles is 1. The van der Waals surface area contributed by atoms with E-state index in [4.69, 9.17) is 0 Å². The van der Waals surface area contributed by atoms with Gasteiger partial charge >= 0.3 is 0 Å². The minimum atomic E-state index is -3.78. The minimum absolute atomic E-state index is 0.0284. The van der Waals surface area contributed by atoms with Crippen molar-refractivity contribution in [2.24, 2.45) is 5.92 Å². The SMILES string of the molecule is CS(=O)(=O)c1ccc(S(=O)(=O)N2CCC(C(=O)Nc3sc4c(c3C#N)CCCC4)CC2)cc1. The number of fused-ring (bicyclic) bond motifs is 1. The van der Waals surface area contributed by atoms with Gasteiger partial charge in [0.25, 0.3) is 0 Å². The van der Waals surface area contributed by atoms with Gasteiger partial charge in [0, 0.05) is 30.1 Å². The second kappa shape index (κ2) is 9.18. The van der Waals surface area contributed by atoms with Gasteiger partial charge in [0.15, 0.2) is 9.84 Å². The molecule has 1 amide bonds. The molecule has 0 saturated carbocycles. The molecular formula is C22H25N3O5S3. The van der Waals surface area contributed by atoms with Crippen molar-refractivity contribution in [1.29, 1.82) is 5.26 Å². The van der Waals surface area contributed by atoms with Crippen molar-refractivity contribution in [1.82, 2.24) is 4.31 Å². The number of sulfone groups is 1. The van der Waals surface area contributed by atoms with Crippen LogP contribution in [-0.2, 0) is 37.5 Å². The third-order valence-corrected chi connectivity index (χ3v) is 10.5. The molecule has 0 unspecified atom stereocenters. The van der Waals surface area contributed by atoms with Gasteiger partial charge in [-0.15, -0.1) is 11.3 Å². The molecule has 1 aliphatic carbocycles. The van der Waals surface area contributed by atoms with Crippen molar-refractivity contribution in [3.63, 3.8) is 0 Å². The molecule has 4 rings (SSSR count). The van der Waals surface area contributed by atoms with Gasteiger partial charge in [-0.1, -0.05) is 0 Å². The van der Waals surface area contributed by atoms with Crippen LogP contribution in [0.15, 0.2) is 34.1 Å². The molecule has 8 nitrogen and oxygen atoms in total. The van der Waals surface area contributed by atoms with Crippen LogP contribution in [0.1, 0.15) is 41.7 Å². The number of hydrogen-bond donors (Lipinski definition) is 1. The van der Waals surface area contributed by atoms with Gasteiger partial charge in [0.05, 0.1) is 15.4 Å². The van der Waals surface area contributed by atoms with Gasteiger partial charge < -0.3 is 5.32 Å². The lowest BCUT2D eigenvalue weighted by molar-refractivity contribution is -0.120. The summed E-state index contributed by atoms with van der Waals surface area (Å²) in [5, 5.41) is 13.1. The van der Waals surface area contributed by atoms with Crippen LogP contribution in [0.3, 0.4) is 0 Å². The average Bonchev–Trinajstić information content (AvgIpc) is 3.15. The fourth-order valence-corrected chi connectivity index (χ4v) is 7.70. The number of benzene rings is 1. The van der Waals surface area contributed by atoms with Crippen molar-refractivity contribution >= 4 is 42.1 Å². The fourth-order valence-electron chi connectivity index (χ4n) is 4.35. The first-order chi connectivity index (χ1) is 15.6. The molecule has 33 heavy (non-hydrogen) atoms. The second-order valence-corrected chi connectivity index (χ2v) is 13.5. The summed E-state index contributed by atoms with van der Waals surface area (Å²) in [6.45, 7) is 0.389. The zero-order valence-corrected chi connectivity index (χ0v) is 20.7. The number of carbonyl (C=O) groups excluding carboxylic acids is 1. The Labute approximate surface area is 198 Å². The van der Waals surface area contributed by atoms with E-state index in [1.807, 2.05) is 0 Å². The normalized spacial score (nSPS) is 17.8. The predicted octanol–water partition coefficient (Wildman–Crippen LogP) is 2.94. The number of hydrogen-bond acceptors (Lipinski definition) is 7. The number of amides is 1.